The number of nitrogens with one attached hydrogen (secondary N) is 1. The van der Waals surface area contributed by atoms with Crippen LogP contribution in [0.3, 0.4) is 0 Å². The standard InChI is InChI=1S/C11H16N2O3S2/c1-5(2)12-9(14)7(4)17-11-13-6(3)8(18-11)10(15)16/h5,7H,1-4H3,(H,12,14)(H,15,16). The highest BCUT2D eigenvalue weighted by atomic mass is 32.2. The van der Waals surface area contributed by atoms with Gasteiger partial charge in [-0.25, -0.2) is 9.78 Å². The quantitative estimate of drug-likeness (QED) is 0.812. The zero-order chi connectivity index (χ0) is 13.9. The van der Waals surface area contributed by atoms with Crippen molar-refractivity contribution in [2.75, 3.05) is 0 Å². The monoisotopic (exact) mass is 288 g/mol. The Kier molecular flexibility index (Phi) is 5.15. The lowest BCUT2D eigenvalue weighted by atomic mass is 10.3. The summed E-state index contributed by atoms with van der Waals surface area (Å²) < 4.78 is 0.608. The van der Waals surface area contributed by atoms with Crippen LogP contribution in [0.1, 0.15) is 36.1 Å². The molecule has 1 atom stereocenters. The lowest BCUT2D eigenvalue weighted by molar-refractivity contribution is -0.120. The summed E-state index contributed by atoms with van der Waals surface area (Å²) in [5, 5.41) is 11.4. The minimum absolute atomic E-state index is 0.0697. The van der Waals surface area contributed by atoms with E-state index in [1.165, 1.54) is 11.8 Å². The molecule has 100 valence electrons. The van der Waals surface area contributed by atoms with Crippen LogP contribution in [-0.4, -0.2) is 33.3 Å². The predicted molar refractivity (Wildman–Crippen MR) is 72.4 cm³/mol. The van der Waals surface area contributed by atoms with Gasteiger partial charge < -0.3 is 10.4 Å². The molecule has 1 unspecified atom stereocenters. The molecule has 1 heterocycles. The molecule has 1 rings (SSSR count). The lowest BCUT2D eigenvalue weighted by Crippen LogP contribution is -2.35. The molecule has 1 aromatic rings. The van der Waals surface area contributed by atoms with Crippen molar-refractivity contribution in [3.8, 4) is 0 Å². The Morgan fingerprint density at radius 3 is 2.44 bits per heavy atom. The van der Waals surface area contributed by atoms with E-state index in [0.717, 1.165) is 11.3 Å². The summed E-state index contributed by atoms with van der Waals surface area (Å²) in [5.41, 5.74) is 0.492. The first-order chi connectivity index (χ1) is 8.31. The van der Waals surface area contributed by atoms with Crippen LogP contribution >= 0.6 is 23.1 Å². The van der Waals surface area contributed by atoms with Gasteiger partial charge in [-0.05, 0) is 27.7 Å². The van der Waals surface area contributed by atoms with E-state index in [-0.39, 0.29) is 22.1 Å². The molecule has 1 amide bonds. The van der Waals surface area contributed by atoms with E-state index >= 15 is 0 Å². The third kappa shape index (κ3) is 3.99. The predicted octanol–water partition coefficient (Wildman–Crippen LogP) is 2.15. The van der Waals surface area contributed by atoms with Crippen molar-refractivity contribution in [2.24, 2.45) is 0 Å². The molecule has 18 heavy (non-hydrogen) atoms. The molecule has 0 aliphatic rings. The summed E-state index contributed by atoms with van der Waals surface area (Å²) in [6, 6.07) is 0.0909. The number of thiazole rings is 1. The summed E-state index contributed by atoms with van der Waals surface area (Å²) >= 11 is 2.38. The molecule has 0 saturated carbocycles. The molecule has 0 fully saturated rings. The van der Waals surface area contributed by atoms with Crippen molar-refractivity contribution < 1.29 is 14.7 Å². The van der Waals surface area contributed by atoms with Crippen LogP contribution in [0, 0.1) is 6.92 Å². The smallest absolute Gasteiger partial charge is 0.347 e. The highest BCUT2D eigenvalue weighted by Crippen LogP contribution is 2.30. The highest BCUT2D eigenvalue weighted by molar-refractivity contribution is 8.02. The average molecular weight is 288 g/mol. The van der Waals surface area contributed by atoms with Crippen molar-refractivity contribution in [2.45, 2.75) is 43.3 Å². The second kappa shape index (κ2) is 6.19. The summed E-state index contributed by atoms with van der Waals surface area (Å²) in [5.74, 6) is -1.05. The zero-order valence-corrected chi connectivity index (χ0v) is 12.3. The van der Waals surface area contributed by atoms with Gasteiger partial charge in [0.1, 0.15) is 4.88 Å². The molecule has 5 nitrogen and oxygen atoms in total. The van der Waals surface area contributed by atoms with Crippen molar-refractivity contribution >= 4 is 35.0 Å². The number of carbonyl (C=O) groups excluding carboxylic acids is 1. The SMILES string of the molecule is Cc1nc(SC(C)C(=O)NC(C)C)sc1C(=O)O. The number of hydrogen-bond acceptors (Lipinski definition) is 5. The van der Waals surface area contributed by atoms with Crippen molar-refractivity contribution in [3.63, 3.8) is 0 Å². The normalized spacial score (nSPS) is 12.5. The average Bonchev–Trinajstić information content (AvgIpc) is 2.58. The van der Waals surface area contributed by atoms with Gasteiger partial charge in [0, 0.05) is 6.04 Å². The third-order valence-corrected chi connectivity index (χ3v) is 4.39. The van der Waals surface area contributed by atoms with E-state index in [1.54, 1.807) is 13.8 Å². The minimum atomic E-state index is -0.976. The number of hydrogen-bond donors (Lipinski definition) is 2. The van der Waals surface area contributed by atoms with Gasteiger partial charge in [-0.15, -0.1) is 11.3 Å². The van der Waals surface area contributed by atoms with Crippen LogP contribution in [0.15, 0.2) is 4.34 Å². The van der Waals surface area contributed by atoms with Gasteiger partial charge in [0.05, 0.1) is 10.9 Å². The van der Waals surface area contributed by atoms with Crippen LogP contribution in [-0.2, 0) is 4.79 Å². The Labute approximate surface area is 114 Å². The minimum Gasteiger partial charge on any atom is -0.477 e. The number of carbonyl (C=O) groups is 2. The first-order valence-electron chi connectivity index (χ1n) is 5.49. The van der Waals surface area contributed by atoms with Gasteiger partial charge in [0.2, 0.25) is 5.91 Å². The number of nitrogens with zero attached hydrogens (tertiary/aromatic N) is 1. The topological polar surface area (TPSA) is 79.3 Å². The summed E-state index contributed by atoms with van der Waals surface area (Å²) in [6.07, 6.45) is 0. The number of carboxylic acids is 1. The van der Waals surface area contributed by atoms with E-state index < -0.39 is 5.97 Å². The van der Waals surface area contributed by atoms with Gasteiger partial charge in [-0.2, -0.15) is 0 Å². The summed E-state index contributed by atoms with van der Waals surface area (Å²) in [7, 11) is 0. The van der Waals surface area contributed by atoms with E-state index in [1.807, 2.05) is 13.8 Å². The van der Waals surface area contributed by atoms with Crippen LogP contribution in [0.4, 0.5) is 0 Å². The van der Waals surface area contributed by atoms with E-state index in [4.69, 9.17) is 5.11 Å². The molecule has 0 aliphatic carbocycles. The van der Waals surface area contributed by atoms with Gasteiger partial charge in [-0.1, -0.05) is 11.8 Å². The summed E-state index contributed by atoms with van der Waals surface area (Å²) in [4.78, 5) is 27.0. The molecule has 0 aliphatic heterocycles. The number of amides is 1. The Morgan fingerprint density at radius 1 is 1.39 bits per heavy atom. The van der Waals surface area contributed by atoms with Gasteiger partial charge in [0.25, 0.3) is 0 Å². The molecule has 7 heteroatoms. The Balaban J connectivity index is 2.70. The fourth-order valence-electron chi connectivity index (χ4n) is 1.23. The van der Waals surface area contributed by atoms with Crippen LogP contribution in [0.2, 0.25) is 0 Å². The molecule has 1 aromatic heterocycles. The maximum Gasteiger partial charge on any atom is 0.347 e. The molecular formula is C11H16N2O3S2. The van der Waals surface area contributed by atoms with Crippen molar-refractivity contribution in [1.29, 1.82) is 0 Å². The second-order valence-electron chi connectivity index (χ2n) is 4.12. The molecular weight excluding hydrogens is 272 g/mol. The molecule has 0 spiro atoms. The van der Waals surface area contributed by atoms with E-state index in [0.29, 0.717) is 10.0 Å². The second-order valence-corrected chi connectivity index (χ2v) is 6.71. The molecule has 0 saturated heterocycles. The first kappa shape index (κ1) is 15.0. The molecule has 0 bridgehead atoms. The maximum atomic E-state index is 11.7. The Hall–Kier alpha value is -1.08. The van der Waals surface area contributed by atoms with Gasteiger partial charge in [-0.3, -0.25) is 4.79 Å². The van der Waals surface area contributed by atoms with Crippen molar-refractivity contribution in [1.82, 2.24) is 10.3 Å². The highest BCUT2D eigenvalue weighted by Gasteiger charge is 2.20. The van der Waals surface area contributed by atoms with Crippen LogP contribution in [0.25, 0.3) is 0 Å². The molecule has 0 radical (unpaired) electrons. The fraction of sp³-hybridized carbons (Fsp3) is 0.545. The van der Waals surface area contributed by atoms with E-state index in [2.05, 4.69) is 10.3 Å². The number of aromatic carboxylic acids is 1. The fourth-order valence-corrected chi connectivity index (χ4v) is 3.41. The molecule has 2 N–H and O–H groups in total. The third-order valence-electron chi connectivity index (χ3n) is 2.05. The lowest BCUT2D eigenvalue weighted by Gasteiger charge is -2.12. The van der Waals surface area contributed by atoms with E-state index in [9.17, 15) is 9.59 Å². The Bertz CT molecular complexity index is 457. The first-order valence-corrected chi connectivity index (χ1v) is 7.18. The number of rotatable bonds is 5. The van der Waals surface area contributed by atoms with Gasteiger partial charge in [0.15, 0.2) is 4.34 Å². The van der Waals surface area contributed by atoms with Crippen LogP contribution in [0.5, 0.6) is 0 Å². The zero-order valence-electron chi connectivity index (χ0n) is 10.7. The van der Waals surface area contributed by atoms with Gasteiger partial charge >= 0.3 is 5.97 Å². The number of thioether (sulfide) groups is 1. The maximum absolute atomic E-state index is 11.7. The number of carboxylic acid groups (broad SMARTS) is 1. The van der Waals surface area contributed by atoms with Crippen LogP contribution < -0.4 is 5.32 Å². The Morgan fingerprint density at radius 2 is 2.00 bits per heavy atom. The number of aryl methyl sites for hydroxylation is 1. The number of aromatic nitrogens is 1. The largest absolute Gasteiger partial charge is 0.477 e. The molecule has 0 aromatic carbocycles. The summed E-state index contributed by atoms with van der Waals surface area (Å²) in [6.45, 7) is 7.22. The van der Waals surface area contributed by atoms with Crippen molar-refractivity contribution in [3.05, 3.63) is 10.6 Å².